The minimum absolute atomic E-state index is 0.0771. The first-order valence-corrected chi connectivity index (χ1v) is 11.6. The molecule has 0 atom stereocenters. The molecule has 0 spiro atoms. The molecule has 0 saturated carbocycles. The van der Waals surface area contributed by atoms with E-state index in [9.17, 15) is 10.2 Å². The summed E-state index contributed by atoms with van der Waals surface area (Å²) in [4.78, 5) is 0. The number of aliphatic hydroxyl groups is 2. The largest absolute Gasteiger partial charge is 0.513 e. The van der Waals surface area contributed by atoms with Crippen molar-refractivity contribution < 1.29 is 10.2 Å². The lowest BCUT2D eigenvalue weighted by Crippen LogP contribution is -2.40. The summed E-state index contributed by atoms with van der Waals surface area (Å²) in [6.45, 7) is 9.33. The average molecular weight is 394 g/mol. The molecule has 0 fully saturated rings. The highest BCUT2D eigenvalue weighted by atomic mass is 16.3. The van der Waals surface area contributed by atoms with Crippen LogP contribution >= 0.6 is 0 Å². The van der Waals surface area contributed by atoms with Gasteiger partial charge in [-0.1, -0.05) is 96.4 Å². The summed E-state index contributed by atoms with van der Waals surface area (Å²) < 4.78 is 0. The summed E-state index contributed by atoms with van der Waals surface area (Å²) in [7, 11) is 0. The van der Waals surface area contributed by atoms with Crippen molar-refractivity contribution in [2.24, 2.45) is 5.73 Å². The van der Waals surface area contributed by atoms with Crippen LogP contribution in [-0.2, 0) is 0 Å². The van der Waals surface area contributed by atoms with Crippen molar-refractivity contribution in [3.05, 3.63) is 36.8 Å². The Morgan fingerprint density at radius 2 is 1.11 bits per heavy atom. The molecular weight excluding hydrogens is 346 g/mol. The van der Waals surface area contributed by atoms with Gasteiger partial charge in [0.15, 0.2) is 0 Å². The monoisotopic (exact) mass is 393 g/mol. The van der Waals surface area contributed by atoms with Gasteiger partial charge in [0, 0.05) is 18.4 Å². The Balaban J connectivity index is 3.56. The second-order valence-corrected chi connectivity index (χ2v) is 8.54. The maximum absolute atomic E-state index is 9.44. The smallest absolute Gasteiger partial charge is 0.0869 e. The first-order valence-electron chi connectivity index (χ1n) is 11.6. The molecule has 0 saturated heterocycles. The number of aliphatic hydroxyl groups excluding tert-OH is 2. The molecule has 0 heterocycles. The Bertz CT molecular complexity index is 412. The fraction of sp³-hybridized carbons (Fsp3) is 0.760. The van der Waals surface area contributed by atoms with Crippen molar-refractivity contribution in [2.75, 3.05) is 0 Å². The van der Waals surface area contributed by atoms with E-state index in [0.717, 1.165) is 19.3 Å². The minimum atomic E-state index is -0.627. The van der Waals surface area contributed by atoms with Crippen molar-refractivity contribution >= 4 is 0 Å². The van der Waals surface area contributed by atoms with E-state index in [1.165, 1.54) is 77.0 Å². The Morgan fingerprint density at radius 1 is 0.714 bits per heavy atom. The quantitative estimate of drug-likeness (QED) is 0.111. The lowest BCUT2D eigenvalue weighted by atomic mass is 9.85. The Hall–Kier alpha value is -1.22. The lowest BCUT2D eigenvalue weighted by Gasteiger charge is -2.28. The highest BCUT2D eigenvalue weighted by Crippen LogP contribution is 2.25. The highest BCUT2D eigenvalue weighted by Gasteiger charge is 2.26. The van der Waals surface area contributed by atoms with Gasteiger partial charge in [0.1, 0.15) is 0 Å². The topological polar surface area (TPSA) is 66.5 Å². The van der Waals surface area contributed by atoms with Crippen LogP contribution in [0.15, 0.2) is 36.8 Å². The SMILES string of the molecule is C=C(O)CC(N)(CCCCCCCC/C=C\CCCCCCCC)CC(=C)O. The molecule has 0 aliphatic carbocycles. The molecule has 3 nitrogen and oxygen atoms in total. The van der Waals surface area contributed by atoms with Crippen LogP contribution in [-0.4, -0.2) is 15.8 Å². The summed E-state index contributed by atoms with van der Waals surface area (Å²) in [5, 5.41) is 18.9. The Kier molecular flexibility index (Phi) is 17.1. The number of hydrogen-bond acceptors (Lipinski definition) is 3. The average Bonchev–Trinajstić information content (AvgIpc) is 2.60. The Labute approximate surface area is 174 Å². The van der Waals surface area contributed by atoms with E-state index in [-0.39, 0.29) is 11.5 Å². The summed E-state index contributed by atoms with van der Waals surface area (Å²) in [5.74, 6) is 0.154. The van der Waals surface area contributed by atoms with E-state index >= 15 is 0 Å². The second-order valence-electron chi connectivity index (χ2n) is 8.54. The van der Waals surface area contributed by atoms with Crippen LogP contribution in [0.3, 0.4) is 0 Å². The van der Waals surface area contributed by atoms with Gasteiger partial charge in [0.2, 0.25) is 0 Å². The van der Waals surface area contributed by atoms with Gasteiger partial charge in [0.05, 0.1) is 11.5 Å². The molecule has 0 radical (unpaired) electrons. The van der Waals surface area contributed by atoms with E-state index in [2.05, 4.69) is 32.2 Å². The first kappa shape index (κ1) is 26.8. The van der Waals surface area contributed by atoms with Gasteiger partial charge in [0.25, 0.3) is 0 Å². The van der Waals surface area contributed by atoms with E-state index in [1.807, 2.05) is 0 Å². The van der Waals surface area contributed by atoms with Crippen LogP contribution in [0.2, 0.25) is 0 Å². The van der Waals surface area contributed by atoms with Gasteiger partial charge < -0.3 is 15.9 Å². The zero-order valence-electron chi connectivity index (χ0n) is 18.6. The number of allylic oxidation sites excluding steroid dienone is 2. The fourth-order valence-electron chi connectivity index (χ4n) is 3.78. The third-order valence-electron chi connectivity index (χ3n) is 5.30. The van der Waals surface area contributed by atoms with E-state index in [4.69, 9.17) is 5.73 Å². The van der Waals surface area contributed by atoms with Crippen molar-refractivity contribution in [3.8, 4) is 0 Å². The van der Waals surface area contributed by atoms with E-state index in [0.29, 0.717) is 12.8 Å². The predicted octanol–water partition coefficient (Wildman–Crippen LogP) is 8.04. The zero-order chi connectivity index (χ0) is 21.1. The van der Waals surface area contributed by atoms with Crippen LogP contribution in [0, 0.1) is 0 Å². The zero-order valence-corrected chi connectivity index (χ0v) is 18.6. The van der Waals surface area contributed by atoms with Gasteiger partial charge in [-0.3, -0.25) is 0 Å². The van der Waals surface area contributed by atoms with Gasteiger partial charge in [-0.05, 0) is 32.1 Å². The van der Waals surface area contributed by atoms with Crippen LogP contribution in [0.4, 0.5) is 0 Å². The molecule has 0 rings (SSSR count). The summed E-state index contributed by atoms with van der Waals surface area (Å²) in [5.41, 5.74) is 5.68. The van der Waals surface area contributed by atoms with Crippen molar-refractivity contribution in [3.63, 3.8) is 0 Å². The molecule has 28 heavy (non-hydrogen) atoms. The summed E-state index contributed by atoms with van der Waals surface area (Å²) in [6, 6.07) is 0. The Morgan fingerprint density at radius 3 is 1.54 bits per heavy atom. The number of hydrogen-bond donors (Lipinski definition) is 3. The maximum Gasteiger partial charge on any atom is 0.0869 e. The molecule has 0 bridgehead atoms. The molecule has 0 aliphatic rings. The normalized spacial score (nSPS) is 11.9. The van der Waals surface area contributed by atoms with Crippen molar-refractivity contribution in [1.29, 1.82) is 0 Å². The molecule has 164 valence electrons. The first-order chi connectivity index (χ1) is 13.4. The molecule has 3 heteroatoms. The van der Waals surface area contributed by atoms with Crippen LogP contribution in [0.1, 0.15) is 116 Å². The van der Waals surface area contributed by atoms with Crippen LogP contribution in [0.5, 0.6) is 0 Å². The molecule has 0 aromatic rings. The van der Waals surface area contributed by atoms with Crippen molar-refractivity contribution in [1.82, 2.24) is 0 Å². The molecule has 0 amide bonds. The number of unbranched alkanes of at least 4 members (excludes halogenated alkanes) is 12. The molecular formula is C25H47NO2. The van der Waals surface area contributed by atoms with Crippen LogP contribution < -0.4 is 5.73 Å². The molecule has 0 aromatic carbocycles. The third-order valence-corrected chi connectivity index (χ3v) is 5.30. The molecule has 0 aromatic heterocycles. The minimum Gasteiger partial charge on any atom is -0.513 e. The second kappa shape index (κ2) is 17.8. The highest BCUT2D eigenvalue weighted by molar-refractivity contribution is 5.01. The third kappa shape index (κ3) is 18.2. The van der Waals surface area contributed by atoms with Gasteiger partial charge >= 0.3 is 0 Å². The number of rotatable bonds is 20. The summed E-state index contributed by atoms with van der Waals surface area (Å²) >= 11 is 0. The van der Waals surface area contributed by atoms with Gasteiger partial charge in [-0.15, -0.1) is 0 Å². The van der Waals surface area contributed by atoms with E-state index in [1.54, 1.807) is 0 Å². The van der Waals surface area contributed by atoms with Gasteiger partial charge in [-0.25, -0.2) is 0 Å². The van der Waals surface area contributed by atoms with Crippen LogP contribution in [0.25, 0.3) is 0 Å². The summed E-state index contributed by atoms with van der Waals surface area (Å²) in [6.07, 6.45) is 24.0. The standard InChI is InChI=1S/C25H47NO2/c1-4-5-6-7-8-9-10-11-12-13-14-15-16-17-18-19-20-25(26,21-23(2)27)22-24(3)28/h11-12,27-28H,2-10,13-22,26H2,1H3/b12-11-. The van der Waals surface area contributed by atoms with Gasteiger partial charge in [-0.2, -0.15) is 0 Å². The maximum atomic E-state index is 9.44. The van der Waals surface area contributed by atoms with E-state index < -0.39 is 5.54 Å². The molecule has 4 N–H and O–H groups in total. The lowest BCUT2D eigenvalue weighted by molar-refractivity contribution is 0.265. The van der Waals surface area contributed by atoms with Crippen molar-refractivity contribution in [2.45, 2.75) is 122 Å². The number of nitrogens with two attached hydrogens (primary N) is 1. The molecule has 0 unspecified atom stereocenters. The molecule has 0 aliphatic heterocycles. The fourth-order valence-corrected chi connectivity index (χ4v) is 3.78. The predicted molar refractivity (Wildman–Crippen MR) is 124 cm³/mol.